The highest BCUT2D eigenvalue weighted by Crippen LogP contribution is 2.30. The largest absolute Gasteiger partial charge is 0.491 e. The number of benzene rings is 1. The molecule has 0 unspecified atom stereocenters. The fraction of sp³-hybridized carbons (Fsp3) is 0.342. The maximum absolute atomic E-state index is 13.8. The van der Waals surface area contributed by atoms with E-state index >= 15 is 0 Å². The highest BCUT2D eigenvalue weighted by atomic mass is 16.5. The number of primary amides is 2. The predicted octanol–water partition coefficient (Wildman–Crippen LogP) is 2.95. The van der Waals surface area contributed by atoms with Gasteiger partial charge < -0.3 is 26.1 Å². The lowest BCUT2D eigenvalue weighted by molar-refractivity contribution is 0.0975. The summed E-state index contributed by atoms with van der Waals surface area (Å²) in [6.07, 6.45) is 5.75. The van der Waals surface area contributed by atoms with E-state index in [-0.39, 0.29) is 42.4 Å². The Hall–Kier alpha value is -6.69. The van der Waals surface area contributed by atoms with E-state index in [1.807, 2.05) is 44.5 Å². The van der Waals surface area contributed by atoms with E-state index < -0.39 is 17.7 Å². The number of aryl methyl sites for hydroxylation is 4. The van der Waals surface area contributed by atoms with E-state index in [9.17, 15) is 19.2 Å². The van der Waals surface area contributed by atoms with Crippen LogP contribution in [-0.2, 0) is 32.6 Å². The van der Waals surface area contributed by atoms with Gasteiger partial charge in [-0.25, -0.2) is 15.0 Å². The summed E-state index contributed by atoms with van der Waals surface area (Å²) in [6.45, 7) is 9.98. The van der Waals surface area contributed by atoms with E-state index in [0.29, 0.717) is 77.0 Å². The number of nitrogens with zero attached hydrogens (tertiary/aromatic N) is 9. The topological polar surface area (TPSA) is 238 Å². The number of anilines is 1. The van der Waals surface area contributed by atoms with Crippen molar-refractivity contribution in [2.75, 3.05) is 25.5 Å². The number of carbonyl (C=O) groups is 4. The lowest BCUT2D eigenvalue weighted by Crippen LogP contribution is -2.20. The van der Waals surface area contributed by atoms with Gasteiger partial charge in [0.2, 0.25) is 17.8 Å². The van der Waals surface area contributed by atoms with Crippen molar-refractivity contribution in [1.82, 2.24) is 49.0 Å². The summed E-state index contributed by atoms with van der Waals surface area (Å²) in [5.41, 5.74) is 15.7. The first-order valence-electron chi connectivity index (χ1n) is 18.3. The number of allylic oxidation sites excluding steroid dienone is 2. The molecule has 0 atom stereocenters. The smallest absolute Gasteiger partial charge is 0.276 e. The molecule has 0 saturated heterocycles. The Morgan fingerprint density at radius 3 is 2.12 bits per heavy atom. The third-order valence-electron chi connectivity index (χ3n) is 9.08. The van der Waals surface area contributed by atoms with E-state index in [4.69, 9.17) is 21.2 Å². The zero-order chi connectivity index (χ0) is 40.1. The average Bonchev–Trinajstić information content (AvgIpc) is 3.93. The number of rotatable bonds is 18. The molecule has 0 aliphatic heterocycles. The summed E-state index contributed by atoms with van der Waals surface area (Å²) < 4.78 is 13.1. The maximum Gasteiger partial charge on any atom is 0.276 e. The number of nitrogens with two attached hydrogens (primary N) is 2. The van der Waals surface area contributed by atoms with Crippen LogP contribution in [-0.4, -0.2) is 87.4 Å². The molecule has 0 fully saturated rings. The monoisotopic (exact) mass is 763 g/mol. The Morgan fingerprint density at radius 1 is 0.821 bits per heavy atom. The minimum atomic E-state index is -0.661. The molecule has 292 valence electrons. The van der Waals surface area contributed by atoms with Crippen LogP contribution in [0.15, 0.2) is 48.7 Å². The second-order valence-corrected chi connectivity index (χ2v) is 13.1. The first kappa shape index (κ1) is 39.0. The van der Waals surface area contributed by atoms with E-state index in [1.54, 1.807) is 45.1 Å². The summed E-state index contributed by atoms with van der Waals surface area (Å²) in [5.74, 6) is -0.839. The van der Waals surface area contributed by atoms with Gasteiger partial charge in [0.25, 0.3) is 5.91 Å². The summed E-state index contributed by atoms with van der Waals surface area (Å²) >= 11 is 0. The Kier molecular flexibility index (Phi) is 11.7. The number of ether oxygens (including phenoxy) is 1. The minimum Gasteiger partial charge on any atom is -0.491 e. The number of amides is 3. The molecule has 0 spiro atoms. The molecule has 3 amide bonds. The molecule has 18 heteroatoms. The van der Waals surface area contributed by atoms with Crippen molar-refractivity contribution in [1.29, 1.82) is 0 Å². The van der Waals surface area contributed by atoms with Crippen LogP contribution in [0.5, 0.6) is 5.75 Å². The second kappa shape index (κ2) is 16.8. The molecule has 0 radical (unpaired) electrons. The first-order valence-corrected chi connectivity index (χ1v) is 18.3. The molecule has 1 aromatic carbocycles. The number of ketones is 1. The normalized spacial score (nSPS) is 11.6. The van der Waals surface area contributed by atoms with Crippen LogP contribution in [0, 0.1) is 13.8 Å². The van der Waals surface area contributed by atoms with Crippen LogP contribution in [0.3, 0.4) is 0 Å². The molecule has 6 rings (SSSR count). The van der Waals surface area contributed by atoms with Gasteiger partial charge in [-0.05, 0) is 78.0 Å². The van der Waals surface area contributed by atoms with Crippen LogP contribution < -0.4 is 26.8 Å². The van der Waals surface area contributed by atoms with E-state index in [2.05, 4.69) is 30.8 Å². The number of imidazole rings is 2. The number of fused-ring (bicyclic) bond motifs is 2. The number of Topliss-reactive ketones (excluding diaryl/α,β-unsaturated/α-hetero) is 1. The Morgan fingerprint density at radius 2 is 1.46 bits per heavy atom. The van der Waals surface area contributed by atoms with E-state index in [0.717, 1.165) is 12.2 Å². The molecular weight excluding hydrogens is 719 g/mol. The van der Waals surface area contributed by atoms with Gasteiger partial charge in [0.05, 0.1) is 35.5 Å². The van der Waals surface area contributed by atoms with Crippen molar-refractivity contribution in [3.8, 4) is 5.75 Å². The summed E-state index contributed by atoms with van der Waals surface area (Å²) in [6, 6.07) is 8.15. The SMILES string of the molecule is CCn1nc(C)cc1C(=O)Cc1nc2cc(C(N)=O)cc(OCCCNC)c2n1C/C=C/Cn1c(NC(=O)c2cc(C)nn2CC)nc2cc(C(N)=O)cnc21. The molecule has 6 N–H and O–H groups in total. The standard InChI is InChI=1S/C38H45N13O5/c1-6-50-28(15-22(3)46-50)30(52)20-32-43-26-17-24(34(39)53)19-31(56-14-10-11-41-5)33(26)48(32)12-8-9-13-49-36-27(18-25(21-42-36)35(40)54)44-38(49)45-37(55)29-16-23(4)47-51(29)7-2/h8-9,15-19,21,41H,6-7,10-14,20H2,1-5H3,(H2,39,53)(H2,40,54)(H,44,45,55)/b9-8+. The van der Waals surface area contributed by atoms with Gasteiger partial charge in [0.1, 0.15) is 34.0 Å². The lowest BCUT2D eigenvalue weighted by Gasteiger charge is -2.13. The average molecular weight is 764 g/mol. The van der Waals surface area contributed by atoms with Crippen molar-refractivity contribution in [2.24, 2.45) is 11.5 Å². The minimum absolute atomic E-state index is 0.0545. The van der Waals surface area contributed by atoms with Crippen LogP contribution in [0.1, 0.15) is 79.2 Å². The maximum atomic E-state index is 13.8. The van der Waals surface area contributed by atoms with Crippen molar-refractivity contribution >= 4 is 51.7 Å². The first-order chi connectivity index (χ1) is 26.9. The van der Waals surface area contributed by atoms with Crippen LogP contribution in [0.2, 0.25) is 0 Å². The van der Waals surface area contributed by atoms with Gasteiger partial charge in [-0.1, -0.05) is 12.2 Å². The van der Waals surface area contributed by atoms with Gasteiger partial charge in [-0.15, -0.1) is 0 Å². The third kappa shape index (κ3) is 8.19. The molecular formula is C38H45N13O5. The van der Waals surface area contributed by atoms with Crippen molar-refractivity contribution in [3.63, 3.8) is 0 Å². The fourth-order valence-corrected chi connectivity index (χ4v) is 6.45. The Bertz CT molecular complexity index is 2490. The number of hydrogen-bond acceptors (Lipinski definition) is 11. The molecule has 6 aromatic rings. The summed E-state index contributed by atoms with van der Waals surface area (Å²) in [7, 11) is 1.85. The lowest BCUT2D eigenvalue weighted by atomic mass is 10.1. The Balaban J connectivity index is 1.37. The van der Waals surface area contributed by atoms with Gasteiger partial charge in [0.15, 0.2) is 11.4 Å². The molecule has 0 bridgehead atoms. The number of nitrogens with one attached hydrogen (secondary N) is 2. The molecule has 5 heterocycles. The van der Waals surface area contributed by atoms with Crippen molar-refractivity contribution < 1.29 is 23.9 Å². The quantitative estimate of drug-likeness (QED) is 0.0564. The van der Waals surface area contributed by atoms with Gasteiger partial charge in [-0.3, -0.25) is 38.4 Å². The molecule has 18 nitrogen and oxygen atoms in total. The summed E-state index contributed by atoms with van der Waals surface area (Å²) in [5, 5.41) is 14.8. The van der Waals surface area contributed by atoms with Gasteiger partial charge >= 0.3 is 0 Å². The van der Waals surface area contributed by atoms with E-state index in [1.165, 1.54) is 12.3 Å². The molecule has 0 saturated carbocycles. The van der Waals surface area contributed by atoms with Crippen LogP contribution in [0.4, 0.5) is 5.95 Å². The summed E-state index contributed by atoms with van der Waals surface area (Å²) in [4.78, 5) is 65.4. The molecule has 0 aliphatic rings. The predicted molar refractivity (Wildman–Crippen MR) is 209 cm³/mol. The molecule has 0 aliphatic carbocycles. The number of hydrogen-bond donors (Lipinski definition) is 4. The van der Waals surface area contributed by atoms with Gasteiger partial charge in [-0.2, -0.15) is 10.2 Å². The number of carbonyl (C=O) groups excluding carboxylic acids is 4. The fourth-order valence-electron chi connectivity index (χ4n) is 6.45. The molecule has 5 aromatic heterocycles. The Labute approximate surface area is 321 Å². The molecule has 56 heavy (non-hydrogen) atoms. The number of aromatic nitrogens is 9. The van der Waals surface area contributed by atoms with Crippen LogP contribution >= 0.6 is 0 Å². The highest BCUT2D eigenvalue weighted by Gasteiger charge is 2.23. The zero-order valence-corrected chi connectivity index (χ0v) is 32.0. The van der Waals surface area contributed by atoms with Crippen molar-refractivity contribution in [3.05, 3.63) is 88.4 Å². The number of pyridine rings is 1. The van der Waals surface area contributed by atoms with Crippen molar-refractivity contribution in [2.45, 2.75) is 66.7 Å². The second-order valence-electron chi connectivity index (χ2n) is 13.1. The highest BCUT2D eigenvalue weighted by molar-refractivity contribution is 6.03. The van der Waals surface area contributed by atoms with Gasteiger partial charge in [0, 0.05) is 37.9 Å². The van der Waals surface area contributed by atoms with Crippen LogP contribution in [0.25, 0.3) is 22.2 Å². The third-order valence-corrected chi connectivity index (χ3v) is 9.08. The zero-order valence-electron chi connectivity index (χ0n) is 32.0.